The summed E-state index contributed by atoms with van der Waals surface area (Å²) in [6.45, 7) is 4.08. The standard InChI is InChI=1S/C16H17N3O2S/c1-16(2,9-17)19-14(20)11-7-8-12(21-11)15-18-10-5-3-4-6-13(10)22-15/h3-8H,9,17H2,1-2H3,(H,19,20). The fourth-order valence-electron chi connectivity index (χ4n) is 1.97. The summed E-state index contributed by atoms with van der Waals surface area (Å²) in [4.78, 5) is 16.7. The van der Waals surface area contributed by atoms with Gasteiger partial charge in [0.2, 0.25) is 0 Å². The van der Waals surface area contributed by atoms with E-state index < -0.39 is 5.54 Å². The molecule has 6 heteroatoms. The van der Waals surface area contributed by atoms with Crippen LogP contribution in [0.15, 0.2) is 40.8 Å². The molecule has 5 nitrogen and oxygen atoms in total. The second kappa shape index (κ2) is 5.55. The van der Waals surface area contributed by atoms with Crippen molar-refractivity contribution in [1.29, 1.82) is 0 Å². The maximum absolute atomic E-state index is 12.2. The van der Waals surface area contributed by atoms with Crippen molar-refractivity contribution in [3.8, 4) is 10.8 Å². The quantitative estimate of drug-likeness (QED) is 0.775. The molecule has 0 fully saturated rings. The van der Waals surface area contributed by atoms with Gasteiger partial charge in [-0.2, -0.15) is 0 Å². The monoisotopic (exact) mass is 315 g/mol. The minimum atomic E-state index is -0.472. The zero-order valence-corrected chi connectivity index (χ0v) is 13.2. The van der Waals surface area contributed by atoms with E-state index in [9.17, 15) is 4.79 Å². The Labute approximate surface area is 132 Å². The molecule has 114 valence electrons. The van der Waals surface area contributed by atoms with Crippen LogP contribution in [0, 0.1) is 0 Å². The van der Waals surface area contributed by atoms with Crippen molar-refractivity contribution >= 4 is 27.5 Å². The number of rotatable bonds is 4. The molecule has 22 heavy (non-hydrogen) atoms. The van der Waals surface area contributed by atoms with E-state index in [1.54, 1.807) is 12.1 Å². The zero-order valence-electron chi connectivity index (χ0n) is 12.4. The lowest BCUT2D eigenvalue weighted by Crippen LogP contribution is -2.48. The van der Waals surface area contributed by atoms with E-state index in [4.69, 9.17) is 10.2 Å². The van der Waals surface area contributed by atoms with Crippen molar-refractivity contribution in [2.24, 2.45) is 5.73 Å². The molecule has 0 aliphatic carbocycles. The van der Waals surface area contributed by atoms with Gasteiger partial charge in [-0.15, -0.1) is 11.3 Å². The predicted molar refractivity (Wildman–Crippen MR) is 87.9 cm³/mol. The number of nitrogens with one attached hydrogen (secondary N) is 1. The molecule has 0 spiro atoms. The summed E-state index contributed by atoms with van der Waals surface area (Å²) in [7, 11) is 0. The smallest absolute Gasteiger partial charge is 0.287 e. The fourth-order valence-corrected chi connectivity index (χ4v) is 2.90. The van der Waals surface area contributed by atoms with Gasteiger partial charge in [0.05, 0.1) is 10.2 Å². The van der Waals surface area contributed by atoms with Gasteiger partial charge in [0, 0.05) is 12.1 Å². The Hall–Kier alpha value is -2.18. The number of nitrogens with zero attached hydrogens (tertiary/aromatic N) is 1. The zero-order chi connectivity index (χ0) is 15.7. The van der Waals surface area contributed by atoms with Crippen molar-refractivity contribution in [2.45, 2.75) is 19.4 Å². The van der Waals surface area contributed by atoms with Gasteiger partial charge in [-0.1, -0.05) is 12.1 Å². The largest absolute Gasteiger partial charge is 0.448 e. The first-order valence-electron chi connectivity index (χ1n) is 6.97. The third kappa shape index (κ3) is 2.88. The number of furan rings is 1. The van der Waals surface area contributed by atoms with Crippen LogP contribution in [0.2, 0.25) is 0 Å². The molecule has 0 radical (unpaired) electrons. The van der Waals surface area contributed by atoms with Crippen LogP contribution in [-0.2, 0) is 0 Å². The van der Waals surface area contributed by atoms with Crippen LogP contribution in [0.3, 0.4) is 0 Å². The average Bonchev–Trinajstić information content (AvgIpc) is 3.13. The van der Waals surface area contributed by atoms with E-state index in [0.29, 0.717) is 12.3 Å². The second-order valence-electron chi connectivity index (χ2n) is 5.69. The number of aromatic nitrogens is 1. The Morgan fingerprint density at radius 3 is 2.82 bits per heavy atom. The van der Waals surface area contributed by atoms with E-state index in [0.717, 1.165) is 15.2 Å². The molecular formula is C16H17N3O2S. The minimum absolute atomic E-state index is 0.260. The van der Waals surface area contributed by atoms with E-state index in [2.05, 4.69) is 10.3 Å². The van der Waals surface area contributed by atoms with E-state index in [-0.39, 0.29) is 11.7 Å². The molecule has 1 aromatic carbocycles. The van der Waals surface area contributed by atoms with Gasteiger partial charge < -0.3 is 15.5 Å². The van der Waals surface area contributed by atoms with Crippen LogP contribution >= 0.6 is 11.3 Å². The van der Waals surface area contributed by atoms with Crippen LogP contribution in [0.1, 0.15) is 24.4 Å². The normalized spacial score (nSPS) is 11.8. The molecule has 2 heterocycles. The van der Waals surface area contributed by atoms with E-state index >= 15 is 0 Å². The highest BCUT2D eigenvalue weighted by atomic mass is 32.1. The lowest BCUT2D eigenvalue weighted by atomic mass is 10.1. The van der Waals surface area contributed by atoms with Gasteiger partial charge in [0.1, 0.15) is 0 Å². The van der Waals surface area contributed by atoms with Gasteiger partial charge in [-0.25, -0.2) is 4.98 Å². The van der Waals surface area contributed by atoms with E-state index in [1.807, 2.05) is 38.1 Å². The first-order chi connectivity index (χ1) is 10.5. The first kappa shape index (κ1) is 14.7. The summed E-state index contributed by atoms with van der Waals surface area (Å²) >= 11 is 1.54. The molecule has 0 unspecified atom stereocenters. The number of benzene rings is 1. The number of fused-ring (bicyclic) bond motifs is 1. The lowest BCUT2D eigenvalue weighted by molar-refractivity contribution is 0.0888. The topological polar surface area (TPSA) is 81.1 Å². The Balaban J connectivity index is 1.85. The number of thiazole rings is 1. The molecule has 3 N–H and O–H groups in total. The number of para-hydroxylation sites is 1. The molecule has 0 bridgehead atoms. The van der Waals surface area contributed by atoms with Crippen molar-refractivity contribution < 1.29 is 9.21 Å². The molecule has 0 aliphatic rings. The van der Waals surface area contributed by atoms with Crippen LogP contribution in [-0.4, -0.2) is 23.0 Å². The molecule has 0 atom stereocenters. The Kier molecular flexibility index (Phi) is 3.72. The number of carbonyl (C=O) groups excluding carboxylic acids is 1. The highest BCUT2D eigenvalue weighted by Gasteiger charge is 2.22. The van der Waals surface area contributed by atoms with Gasteiger partial charge in [-0.05, 0) is 38.1 Å². The summed E-state index contributed by atoms with van der Waals surface area (Å²) in [5, 5.41) is 3.60. The maximum atomic E-state index is 12.2. The van der Waals surface area contributed by atoms with Gasteiger partial charge in [0.25, 0.3) is 5.91 Å². The SMILES string of the molecule is CC(C)(CN)NC(=O)c1ccc(-c2nc3ccccc3s2)o1. The summed E-state index contributed by atoms with van der Waals surface area (Å²) in [5.41, 5.74) is 6.07. The lowest BCUT2D eigenvalue weighted by Gasteiger charge is -2.23. The average molecular weight is 315 g/mol. The van der Waals surface area contributed by atoms with Crippen LogP contribution in [0.4, 0.5) is 0 Å². The first-order valence-corrected chi connectivity index (χ1v) is 7.78. The molecule has 3 aromatic rings. The van der Waals surface area contributed by atoms with E-state index in [1.165, 1.54) is 11.3 Å². The molecule has 1 amide bonds. The third-order valence-electron chi connectivity index (χ3n) is 3.30. The summed E-state index contributed by atoms with van der Waals surface area (Å²) in [6, 6.07) is 11.3. The van der Waals surface area contributed by atoms with Crippen molar-refractivity contribution in [1.82, 2.24) is 10.3 Å². The molecule has 0 saturated carbocycles. The number of hydrogen-bond donors (Lipinski definition) is 2. The predicted octanol–water partition coefficient (Wildman–Crippen LogP) is 3.02. The summed E-state index contributed by atoms with van der Waals surface area (Å²) in [5.74, 6) is 0.579. The number of carbonyl (C=O) groups is 1. The molecule has 2 aromatic heterocycles. The highest BCUT2D eigenvalue weighted by molar-refractivity contribution is 7.21. The van der Waals surface area contributed by atoms with Gasteiger partial charge in [-0.3, -0.25) is 4.79 Å². The molecule has 0 aliphatic heterocycles. The Morgan fingerprint density at radius 2 is 2.09 bits per heavy atom. The Bertz CT molecular complexity index is 787. The number of hydrogen-bond acceptors (Lipinski definition) is 5. The van der Waals surface area contributed by atoms with Gasteiger partial charge in [0.15, 0.2) is 16.5 Å². The second-order valence-corrected chi connectivity index (χ2v) is 6.72. The number of nitrogens with two attached hydrogens (primary N) is 1. The minimum Gasteiger partial charge on any atom is -0.448 e. The van der Waals surface area contributed by atoms with Crippen LogP contribution in [0.25, 0.3) is 21.0 Å². The highest BCUT2D eigenvalue weighted by Crippen LogP contribution is 2.31. The fraction of sp³-hybridized carbons (Fsp3) is 0.250. The summed E-state index contributed by atoms with van der Waals surface area (Å²) < 4.78 is 6.73. The molecule has 3 rings (SSSR count). The number of amides is 1. The van der Waals surface area contributed by atoms with Crippen LogP contribution < -0.4 is 11.1 Å². The Morgan fingerprint density at radius 1 is 1.32 bits per heavy atom. The van der Waals surface area contributed by atoms with Crippen LogP contribution in [0.5, 0.6) is 0 Å². The molecule has 0 saturated heterocycles. The molecular weight excluding hydrogens is 298 g/mol. The van der Waals surface area contributed by atoms with Gasteiger partial charge >= 0.3 is 0 Å². The van der Waals surface area contributed by atoms with Crippen molar-refractivity contribution in [3.05, 3.63) is 42.2 Å². The van der Waals surface area contributed by atoms with Crippen molar-refractivity contribution in [2.75, 3.05) is 6.54 Å². The summed E-state index contributed by atoms with van der Waals surface area (Å²) in [6.07, 6.45) is 0. The maximum Gasteiger partial charge on any atom is 0.287 e. The van der Waals surface area contributed by atoms with Crippen molar-refractivity contribution in [3.63, 3.8) is 0 Å². The third-order valence-corrected chi connectivity index (χ3v) is 4.35.